The van der Waals surface area contributed by atoms with Gasteiger partial charge in [-0.25, -0.2) is 0 Å². The molecular weight excluding hydrogens is 356 g/mol. The topological polar surface area (TPSA) is 86.5 Å². The third-order valence-corrected chi connectivity index (χ3v) is 5.86. The van der Waals surface area contributed by atoms with E-state index in [1.165, 1.54) is 6.26 Å². The molecule has 1 aliphatic carbocycles. The van der Waals surface area contributed by atoms with Crippen molar-refractivity contribution >= 4 is 28.4 Å². The average molecular weight is 376 g/mol. The van der Waals surface area contributed by atoms with Crippen molar-refractivity contribution in [1.82, 2.24) is 9.88 Å². The van der Waals surface area contributed by atoms with E-state index in [0.717, 1.165) is 36.6 Å². The van der Waals surface area contributed by atoms with Gasteiger partial charge in [0.25, 0.3) is 11.7 Å². The van der Waals surface area contributed by atoms with Crippen LogP contribution < -0.4 is 0 Å². The van der Waals surface area contributed by atoms with Crippen LogP contribution in [-0.2, 0) is 9.59 Å². The molecule has 142 valence electrons. The van der Waals surface area contributed by atoms with Crippen LogP contribution in [0.2, 0.25) is 0 Å². The zero-order valence-electron chi connectivity index (χ0n) is 15.2. The first-order chi connectivity index (χ1) is 13.7. The lowest BCUT2D eigenvalue weighted by Gasteiger charge is -2.29. The highest BCUT2D eigenvalue weighted by Gasteiger charge is 2.50. The summed E-state index contributed by atoms with van der Waals surface area (Å²) in [6.07, 6.45) is 6.97. The van der Waals surface area contributed by atoms with Crippen LogP contribution in [0.1, 0.15) is 43.0 Å². The van der Waals surface area contributed by atoms with Crippen LogP contribution in [0.25, 0.3) is 16.7 Å². The molecule has 0 spiro atoms. The molecule has 2 fully saturated rings. The van der Waals surface area contributed by atoms with Crippen LogP contribution in [0.15, 0.2) is 58.8 Å². The van der Waals surface area contributed by atoms with Gasteiger partial charge in [0.05, 0.1) is 11.8 Å². The van der Waals surface area contributed by atoms with E-state index in [-0.39, 0.29) is 17.4 Å². The third kappa shape index (κ3) is 2.41. The van der Waals surface area contributed by atoms with Gasteiger partial charge in [0.2, 0.25) is 0 Å². The highest BCUT2D eigenvalue weighted by atomic mass is 16.3. The average Bonchev–Trinajstić information content (AvgIpc) is 3.49. The number of Topliss-reactive ketones (excluding diaryl/α,β-unsaturated/α-hetero) is 1. The summed E-state index contributed by atoms with van der Waals surface area (Å²) in [5.41, 5.74) is 1.46. The summed E-state index contributed by atoms with van der Waals surface area (Å²) in [7, 11) is 0. The molecule has 2 N–H and O–H groups in total. The molecule has 6 nitrogen and oxygen atoms in total. The van der Waals surface area contributed by atoms with Gasteiger partial charge in [0, 0.05) is 28.7 Å². The van der Waals surface area contributed by atoms with Crippen molar-refractivity contribution in [3.63, 3.8) is 0 Å². The van der Waals surface area contributed by atoms with Crippen molar-refractivity contribution in [3.05, 3.63) is 65.8 Å². The number of furan rings is 1. The summed E-state index contributed by atoms with van der Waals surface area (Å²) < 4.78 is 5.59. The van der Waals surface area contributed by atoms with Crippen molar-refractivity contribution < 1.29 is 19.1 Å². The second-order valence-corrected chi connectivity index (χ2v) is 7.41. The Bertz CT molecular complexity index is 1090. The second kappa shape index (κ2) is 6.41. The standard InChI is InChI=1S/C22H20N2O4/c25-20(15-12-23-16-9-4-3-8-14(15)16)18-19(17-10-5-11-28-17)24(22(27)21(18)26)13-6-1-2-7-13/h3-5,8-13,19,23,25H,1-2,6-7H2/b20-18-. The molecule has 28 heavy (non-hydrogen) atoms. The Labute approximate surface area is 161 Å². The highest BCUT2D eigenvalue weighted by molar-refractivity contribution is 6.46. The number of aliphatic hydroxyl groups excluding tert-OH is 1. The maximum absolute atomic E-state index is 13.0. The van der Waals surface area contributed by atoms with Gasteiger partial charge in [0.15, 0.2) is 0 Å². The van der Waals surface area contributed by atoms with E-state index in [9.17, 15) is 14.7 Å². The van der Waals surface area contributed by atoms with E-state index in [2.05, 4.69) is 4.98 Å². The lowest BCUT2D eigenvalue weighted by Crippen LogP contribution is -2.37. The minimum Gasteiger partial charge on any atom is -0.507 e. The van der Waals surface area contributed by atoms with Crippen molar-refractivity contribution in [3.8, 4) is 0 Å². The molecule has 3 heterocycles. The Kier molecular flexibility index (Phi) is 3.86. The molecule has 0 radical (unpaired) electrons. The first-order valence-corrected chi connectivity index (χ1v) is 9.57. The molecule has 1 atom stereocenters. The number of ketones is 1. The van der Waals surface area contributed by atoms with Crippen LogP contribution >= 0.6 is 0 Å². The number of fused-ring (bicyclic) bond motifs is 1. The number of hydrogen-bond acceptors (Lipinski definition) is 4. The highest BCUT2D eigenvalue weighted by Crippen LogP contribution is 2.44. The number of carbonyl (C=O) groups excluding carboxylic acids is 2. The Morgan fingerprint density at radius 2 is 1.89 bits per heavy atom. The molecule has 1 aromatic carbocycles. The molecule has 1 saturated heterocycles. The number of para-hydroxylation sites is 1. The van der Waals surface area contributed by atoms with Gasteiger partial charge in [0.1, 0.15) is 17.6 Å². The number of aromatic nitrogens is 1. The number of nitrogens with one attached hydrogen (secondary N) is 1. The first kappa shape index (κ1) is 16.9. The number of aromatic amines is 1. The molecule has 6 heteroatoms. The van der Waals surface area contributed by atoms with E-state index in [1.54, 1.807) is 23.2 Å². The molecule has 1 unspecified atom stereocenters. The summed E-state index contributed by atoms with van der Waals surface area (Å²) in [5, 5.41) is 11.9. The zero-order valence-corrected chi connectivity index (χ0v) is 15.2. The number of likely N-dealkylation sites (tertiary alicyclic amines) is 1. The van der Waals surface area contributed by atoms with Crippen LogP contribution in [-0.4, -0.2) is 32.7 Å². The van der Waals surface area contributed by atoms with Gasteiger partial charge >= 0.3 is 0 Å². The predicted molar refractivity (Wildman–Crippen MR) is 103 cm³/mol. The largest absolute Gasteiger partial charge is 0.507 e. The molecule has 1 aliphatic heterocycles. The second-order valence-electron chi connectivity index (χ2n) is 7.41. The first-order valence-electron chi connectivity index (χ1n) is 9.57. The van der Waals surface area contributed by atoms with Gasteiger partial charge in [-0.15, -0.1) is 0 Å². The lowest BCUT2D eigenvalue weighted by molar-refractivity contribution is -0.141. The van der Waals surface area contributed by atoms with Gasteiger partial charge in [-0.2, -0.15) is 0 Å². The summed E-state index contributed by atoms with van der Waals surface area (Å²) in [5.74, 6) is -0.893. The minimum atomic E-state index is -0.702. The summed E-state index contributed by atoms with van der Waals surface area (Å²) in [4.78, 5) is 30.6. The number of H-pyrrole nitrogens is 1. The zero-order chi connectivity index (χ0) is 19.3. The van der Waals surface area contributed by atoms with Crippen LogP contribution in [0.3, 0.4) is 0 Å². The fraction of sp³-hybridized carbons (Fsp3) is 0.273. The fourth-order valence-electron chi connectivity index (χ4n) is 4.55. The van der Waals surface area contributed by atoms with Crippen molar-refractivity contribution in [2.45, 2.75) is 37.8 Å². The quantitative estimate of drug-likeness (QED) is 0.409. The summed E-state index contributed by atoms with van der Waals surface area (Å²) in [6, 6.07) is 10.3. The van der Waals surface area contributed by atoms with Crippen LogP contribution in [0, 0.1) is 0 Å². The molecular formula is C22H20N2O4. The van der Waals surface area contributed by atoms with Gasteiger partial charge in [-0.05, 0) is 31.0 Å². The summed E-state index contributed by atoms with van der Waals surface area (Å²) in [6.45, 7) is 0. The number of amides is 1. The third-order valence-electron chi connectivity index (χ3n) is 5.86. The number of rotatable bonds is 3. The SMILES string of the molecule is O=C1C(=O)N(C2CCCC2)C(c2ccco2)/C1=C(/O)c1c[nH]c2ccccc12. The molecule has 1 amide bonds. The number of carbonyl (C=O) groups is 2. The molecule has 2 aliphatic rings. The molecule has 5 rings (SSSR count). The van der Waals surface area contributed by atoms with Gasteiger partial charge in [-0.1, -0.05) is 31.0 Å². The van der Waals surface area contributed by atoms with Crippen LogP contribution in [0.4, 0.5) is 0 Å². The van der Waals surface area contributed by atoms with Gasteiger partial charge < -0.3 is 19.4 Å². The number of benzene rings is 1. The van der Waals surface area contributed by atoms with Crippen molar-refractivity contribution in [2.24, 2.45) is 0 Å². The van der Waals surface area contributed by atoms with Crippen LogP contribution in [0.5, 0.6) is 0 Å². The minimum absolute atomic E-state index is 0.0141. The van der Waals surface area contributed by atoms with Crippen molar-refractivity contribution in [1.29, 1.82) is 0 Å². The van der Waals surface area contributed by atoms with E-state index < -0.39 is 17.7 Å². The maximum atomic E-state index is 13.0. The molecule has 1 saturated carbocycles. The molecule has 0 bridgehead atoms. The smallest absolute Gasteiger partial charge is 0.296 e. The summed E-state index contributed by atoms with van der Waals surface area (Å²) >= 11 is 0. The Balaban J connectivity index is 1.70. The molecule has 2 aromatic heterocycles. The lowest BCUT2D eigenvalue weighted by atomic mass is 9.98. The number of nitrogens with zero attached hydrogens (tertiary/aromatic N) is 1. The molecule has 3 aromatic rings. The normalized spacial score (nSPS) is 22.6. The monoisotopic (exact) mass is 376 g/mol. The van der Waals surface area contributed by atoms with E-state index in [1.807, 2.05) is 24.3 Å². The van der Waals surface area contributed by atoms with Gasteiger partial charge in [-0.3, -0.25) is 9.59 Å². The predicted octanol–water partition coefficient (Wildman–Crippen LogP) is 4.13. The van der Waals surface area contributed by atoms with E-state index in [4.69, 9.17) is 4.42 Å². The Hall–Kier alpha value is -3.28. The van der Waals surface area contributed by atoms with E-state index in [0.29, 0.717) is 11.3 Å². The Morgan fingerprint density at radius 3 is 2.64 bits per heavy atom. The van der Waals surface area contributed by atoms with E-state index >= 15 is 0 Å². The Morgan fingerprint density at radius 1 is 1.11 bits per heavy atom. The number of aliphatic hydroxyl groups is 1. The van der Waals surface area contributed by atoms with Crippen molar-refractivity contribution in [2.75, 3.05) is 0 Å². The number of hydrogen-bond donors (Lipinski definition) is 2. The fourth-order valence-corrected chi connectivity index (χ4v) is 4.55. The maximum Gasteiger partial charge on any atom is 0.296 e.